The first kappa shape index (κ1) is 10.6. The average molecular weight is 200 g/mol. The van der Waals surface area contributed by atoms with Gasteiger partial charge in [-0.15, -0.1) is 11.3 Å². The normalized spacial score (nSPS) is 13.2. The van der Waals surface area contributed by atoms with Crippen molar-refractivity contribution in [2.24, 2.45) is 0 Å². The van der Waals surface area contributed by atoms with Gasteiger partial charge in [-0.1, -0.05) is 0 Å². The highest BCUT2D eigenvalue weighted by Gasteiger charge is 1.98. The molecule has 0 aliphatic heterocycles. The van der Waals surface area contributed by atoms with Crippen molar-refractivity contribution in [3.63, 3.8) is 0 Å². The number of nitrogens with zero attached hydrogens (tertiary/aromatic N) is 1. The fourth-order valence-corrected chi connectivity index (χ4v) is 1.70. The van der Waals surface area contributed by atoms with E-state index in [-0.39, 0.29) is 6.10 Å². The molecule has 1 atom stereocenters. The molecule has 1 heterocycles. The molecule has 13 heavy (non-hydrogen) atoms. The molecule has 0 aliphatic rings. The molecule has 0 aliphatic carbocycles. The van der Waals surface area contributed by atoms with Crippen LogP contribution in [-0.2, 0) is 6.42 Å². The zero-order valence-electron chi connectivity index (χ0n) is 8.08. The van der Waals surface area contributed by atoms with E-state index >= 15 is 0 Å². The van der Waals surface area contributed by atoms with Crippen LogP contribution in [0.3, 0.4) is 0 Å². The second-order valence-electron chi connectivity index (χ2n) is 3.16. The molecule has 1 rings (SSSR count). The first-order valence-corrected chi connectivity index (χ1v) is 5.36. The number of hydrogen-bond donors (Lipinski definition) is 2. The summed E-state index contributed by atoms with van der Waals surface area (Å²) in [5.41, 5.74) is 1.14. The molecule has 0 aromatic carbocycles. The number of aromatic nitrogens is 1. The summed E-state index contributed by atoms with van der Waals surface area (Å²) in [5.74, 6) is 0. The van der Waals surface area contributed by atoms with Crippen LogP contribution in [0.4, 0.5) is 0 Å². The fourth-order valence-electron chi connectivity index (χ4n) is 1.05. The van der Waals surface area contributed by atoms with Crippen LogP contribution in [0.1, 0.15) is 17.6 Å². The molecule has 0 saturated heterocycles. The summed E-state index contributed by atoms with van der Waals surface area (Å²) >= 11 is 1.68. The van der Waals surface area contributed by atoms with E-state index in [4.69, 9.17) is 5.11 Å². The second kappa shape index (κ2) is 5.32. The van der Waals surface area contributed by atoms with E-state index in [9.17, 15) is 0 Å². The Bertz CT molecular complexity index is 248. The Morgan fingerprint density at radius 2 is 2.46 bits per heavy atom. The lowest BCUT2D eigenvalue weighted by Gasteiger charge is -2.04. The molecule has 2 N–H and O–H groups in total. The smallest absolute Gasteiger partial charge is 0.0897 e. The van der Waals surface area contributed by atoms with E-state index in [1.165, 1.54) is 0 Å². The lowest BCUT2D eigenvalue weighted by Crippen LogP contribution is -2.26. The van der Waals surface area contributed by atoms with Crippen LogP contribution in [0.2, 0.25) is 0 Å². The van der Waals surface area contributed by atoms with Gasteiger partial charge in [-0.2, -0.15) is 0 Å². The SMILES string of the molecule is Cc1nc(CCNCC(C)O)cs1. The summed E-state index contributed by atoms with van der Waals surface area (Å²) in [6.07, 6.45) is 0.675. The third kappa shape index (κ3) is 4.36. The lowest BCUT2D eigenvalue weighted by molar-refractivity contribution is 0.191. The monoisotopic (exact) mass is 200 g/mol. The van der Waals surface area contributed by atoms with Crippen molar-refractivity contribution in [3.05, 3.63) is 16.1 Å². The predicted molar refractivity (Wildman–Crippen MR) is 55.1 cm³/mol. The van der Waals surface area contributed by atoms with Gasteiger partial charge in [-0.05, 0) is 13.8 Å². The first-order chi connectivity index (χ1) is 6.18. The molecular formula is C9H16N2OS. The van der Waals surface area contributed by atoms with E-state index in [1.54, 1.807) is 18.3 Å². The van der Waals surface area contributed by atoms with Crippen molar-refractivity contribution in [1.29, 1.82) is 0 Å². The van der Waals surface area contributed by atoms with Crippen molar-refractivity contribution < 1.29 is 5.11 Å². The highest BCUT2D eigenvalue weighted by atomic mass is 32.1. The quantitative estimate of drug-likeness (QED) is 0.696. The minimum Gasteiger partial charge on any atom is -0.392 e. The number of aliphatic hydroxyl groups excluding tert-OH is 1. The minimum absolute atomic E-state index is 0.267. The Morgan fingerprint density at radius 3 is 3.00 bits per heavy atom. The summed E-state index contributed by atoms with van der Waals surface area (Å²) < 4.78 is 0. The second-order valence-corrected chi connectivity index (χ2v) is 4.22. The van der Waals surface area contributed by atoms with E-state index in [0.29, 0.717) is 6.54 Å². The van der Waals surface area contributed by atoms with E-state index in [2.05, 4.69) is 15.7 Å². The van der Waals surface area contributed by atoms with Crippen molar-refractivity contribution >= 4 is 11.3 Å². The molecule has 4 heteroatoms. The van der Waals surface area contributed by atoms with E-state index in [0.717, 1.165) is 23.7 Å². The van der Waals surface area contributed by atoms with Crippen molar-refractivity contribution in [3.8, 4) is 0 Å². The molecule has 0 spiro atoms. The molecule has 0 fully saturated rings. The number of rotatable bonds is 5. The summed E-state index contributed by atoms with van der Waals surface area (Å²) in [6.45, 7) is 5.33. The Balaban J connectivity index is 2.13. The van der Waals surface area contributed by atoms with Crippen LogP contribution in [0.25, 0.3) is 0 Å². The highest BCUT2D eigenvalue weighted by molar-refractivity contribution is 7.09. The zero-order chi connectivity index (χ0) is 9.68. The average Bonchev–Trinajstić information content (AvgIpc) is 2.45. The summed E-state index contributed by atoms with van der Waals surface area (Å²) in [7, 11) is 0. The van der Waals surface area contributed by atoms with Gasteiger partial charge in [0, 0.05) is 24.9 Å². The number of thiazole rings is 1. The predicted octanol–water partition coefficient (Wildman–Crippen LogP) is 0.964. The summed E-state index contributed by atoms with van der Waals surface area (Å²) in [5, 5.41) is 15.3. The van der Waals surface area contributed by atoms with Crippen LogP contribution in [0, 0.1) is 6.92 Å². The Labute approximate surface area is 82.8 Å². The van der Waals surface area contributed by atoms with Crippen LogP contribution in [-0.4, -0.2) is 29.3 Å². The number of hydrogen-bond acceptors (Lipinski definition) is 4. The fraction of sp³-hybridized carbons (Fsp3) is 0.667. The first-order valence-electron chi connectivity index (χ1n) is 4.48. The molecule has 0 amide bonds. The molecule has 0 bridgehead atoms. The number of nitrogens with one attached hydrogen (secondary N) is 1. The van der Waals surface area contributed by atoms with E-state index < -0.39 is 0 Å². The van der Waals surface area contributed by atoms with Gasteiger partial charge in [0.1, 0.15) is 0 Å². The van der Waals surface area contributed by atoms with Gasteiger partial charge in [0.15, 0.2) is 0 Å². The van der Waals surface area contributed by atoms with Gasteiger partial charge < -0.3 is 10.4 Å². The zero-order valence-corrected chi connectivity index (χ0v) is 8.90. The van der Waals surface area contributed by atoms with Gasteiger partial charge in [0.2, 0.25) is 0 Å². The van der Waals surface area contributed by atoms with Gasteiger partial charge in [-0.25, -0.2) is 4.98 Å². The maximum absolute atomic E-state index is 8.98. The largest absolute Gasteiger partial charge is 0.392 e. The summed E-state index contributed by atoms with van der Waals surface area (Å²) in [4.78, 5) is 4.34. The Kier molecular flexibility index (Phi) is 4.35. The molecule has 74 valence electrons. The number of aryl methyl sites for hydroxylation is 1. The van der Waals surface area contributed by atoms with Crippen molar-refractivity contribution in [2.45, 2.75) is 26.4 Å². The van der Waals surface area contributed by atoms with Crippen LogP contribution in [0.15, 0.2) is 5.38 Å². The minimum atomic E-state index is -0.267. The third-order valence-electron chi connectivity index (χ3n) is 1.66. The van der Waals surface area contributed by atoms with Gasteiger partial charge in [-0.3, -0.25) is 0 Å². The lowest BCUT2D eigenvalue weighted by atomic mass is 10.3. The Morgan fingerprint density at radius 1 is 1.69 bits per heavy atom. The molecule has 1 unspecified atom stereocenters. The maximum atomic E-state index is 8.98. The maximum Gasteiger partial charge on any atom is 0.0897 e. The molecule has 1 aromatic rings. The molecular weight excluding hydrogens is 184 g/mol. The van der Waals surface area contributed by atoms with E-state index in [1.807, 2.05) is 6.92 Å². The molecule has 1 aromatic heterocycles. The van der Waals surface area contributed by atoms with Gasteiger partial charge >= 0.3 is 0 Å². The number of aliphatic hydroxyl groups is 1. The van der Waals surface area contributed by atoms with Crippen molar-refractivity contribution in [2.75, 3.05) is 13.1 Å². The third-order valence-corrected chi connectivity index (χ3v) is 2.49. The van der Waals surface area contributed by atoms with Crippen LogP contribution < -0.4 is 5.32 Å². The Hall–Kier alpha value is -0.450. The summed E-state index contributed by atoms with van der Waals surface area (Å²) in [6, 6.07) is 0. The standard InChI is InChI=1S/C9H16N2OS/c1-7(12)5-10-4-3-9-6-13-8(2)11-9/h6-7,10,12H,3-5H2,1-2H3. The van der Waals surface area contributed by atoms with Crippen LogP contribution in [0.5, 0.6) is 0 Å². The van der Waals surface area contributed by atoms with Crippen molar-refractivity contribution in [1.82, 2.24) is 10.3 Å². The van der Waals surface area contributed by atoms with Gasteiger partial charge in [0.05, 0.1) is 16.8 Å². The van der Waals surface area contributed by atoms with Gasteiger partial charge in [0.25, 0.3) is 0 Å². The molecule has 3 nitrogen and oxygen atoms in total. The highest BCUT2D eigenvalue weighted by Crippen LogP contribution is 2.07. The topological polar surface area (TPSA) is 45.2 Å². The van der Waals surface area contributed by atoms with Crippen LogP contribution >= 0.6 is 11.3 Å². The molecule has 0 radical (unpaired) electrons. The molecule has 0 saturated carbocycles.